The van der Waals surface area contributed by atoms with Crippen LogP contribution in [0.1, 0.15) is 25.8 Å². The predicted molar refractivity (Wildman–Crippen MR) is 82.0 cm³/mol. The lowest BCUT2D eigenvalue weighted by Gasteiger charge is -2.24. The van der Waals surface area contributed by atoms with Crippen molar-refractivity contribution in [2.24, 2.45) is 16.3 Å². The van der Waals surface area contributed by atoms with Gasteiger partial charge in [0.15, 0.2) is 0 Å². The highest BCUT2D eigenvalue weighted by molar-refractivity contribution is 7.89. The second kappa shape index (κ2) is 7.02. The third-order valence-corrected chi connectivity index (χ3v) is 4.66. The van der Waals surface area contributed by atoms with Crippen molar-refractivity contribution < 1.29 is 13.2 Å². The van der Waals surface area contributed by atoms with Crippen molar-refractivity contribution in [2.75, 3.05) is 13.1 Å². The molecule has 0 heterocycles. The minimum atomic E-state index is -3.66. The molecule has 1 unspecified atom stereocenters. The number of carbonyl (C=O) groups is 1. The van der Waals surface area contributed by atoms with E-state index in [4.69, 9.17) is 10.9 Å². The Morgan fingerprint density at radius 3 is 2.29 bits per heavy atom. The lowest BCUT2D eigenvalue weighted by molar-refractivity contribution is -0.129. The molecule has 0 aliphatic carbocycles. The molecule has 118 valence electrons. The zero-order valence-corrected chi connectivity index (χ0v) is 13.2. The van der Waals surface area contributed by atoms with E-state index in [0.717, 1.165) is 5.56 Å². The van der Waals surface area contributed by atoms with E-state index in [1.807, 2.05) is 13.8 Å². The summed E-state index contributed by atoms with van der Waals surface area (Å²) >= 11 is 0. The molecular formula is C14H23N3O3S. The summed E-state index contributed by atoms with van der Waals surface area (Å²) in [6.07, 6.45) is 1.29. The molecule has 0 aliphatic rings. The van der Waals surface area contributed by atoms with Crippen LogP contribution in [0.25, 0.3) is 0 Å². The van der Waals surface area contributed by atoms with Crippen molar-refractivity contribution in [1.29, 1.82) is 0 Å². The van der Waals surface area contributed by atoms with Crippen LogP contribution in [0, 0.1) is 5.41 Å². The van der Waals surface area contributed by atoms with Gasteiger partial charge in [-0.15, -0.1) is 0 Å². The number of carbonyl (C=O) groups excluding carboxylic acids is 1. The number of rotatable bonds is 7. The molecule has 0 aromatic heterocycles. The van der Waals surface area contributed by atoms with E-state index in [1.54, 1.807) is 12.1 Å². The molecule has 6 nitrogen and oxygen atoms in total. The van der Waals surface area contributed by atoms with Gasteiger partial charge >= 0.3 is 0 Å². The Bertz CT molecular complexity index is 578. The fourth-order valence-electron chi connectivity index (χ4n) is 1.78. The molecule has 0 radical (unpaired) electrons. The first kappa shape index (κ1) is 17.6. The number of hydrogen-bond donors (Lipinski definition) is 3. The van der Waals surface area contributed by atoms with E-state index in [-0.39, 0.29) is 10.8 Å². The van der Waals surface area contributed by atoms with Crippen LogP contribution in [0.4, 0.5) is 0 Å². The zero-order chi connectivity index (χ0) is 16.1. The normalized spacial score (nSPS) is 14.5. The Balaban J connectivity index is 2.55. The van der Waals surface area contributed by atoms with Gasteiger partial charge in [0, 0.05) is 13.1 Å². The summed E-state index contributed by atoms with van der Waals surface area (Å²) in [6, 6.07) is 6.30. The van der Waals surface area contributed by atoms with Gasteiger partial charge in [0.25, 0.3) is 0 Å². The van der Waals surface area contributed by atoms with E-state index in [1.165, 1.54) is 12.1 Å². The van der Waals surface area contributed by atoms with Gasteiger partial charge in [0.05, 0.1) is 10.3 Å². The van der Waals surface area contributed by atoms with Gasteiger partial charge in [-0.1, -0.05) is 19.1 Å². The van der Waals surface area contributed by atoms with E-state index < -0.39 is 15.4 Å². The van der Waals surface area contributed by atoms with Crippen LogP contribution in [0.2, 0.25) is 0 Å². The lowest BCUT2D eigenvalue weighted by Crippen LogP contribution is -2.44. The summed E-state index contributed by atoms with van der Waals surface area (Å²) in [5.74, 6) is -0.0614. The van der Waals surface area contributed by atoms with Crippen LogP contribution in [0.3, 0.4) is 0 Å². The molecule has 1 atom stereocenters. The molecule has 21 heavy (non-hydrogen) atoms. The largest absolute Gasteiger partial charge is 0.355 e. The van der Waals surface area contributed by atoms with Crippen molar-refractivity contribution in [3.05, 3.63) is 29.8 Å². The number of primary sulfonamides is 1. The maximum absolute atomic E-state index is 12.0. The van der Waals surface area contributed by atoms with Gasteiger partial charge in [-0.3, -0.25) is 4.79 Å². The zero-order valence-electron chi connectivity index (χ0n) is 12.4. The quantitative estimate of drug-likeness (QED) is 0.674. The van der Waals surface area contributed by atoms with Gasteiger partial charge < -0.3 is 11.1 Å². The molecule has 1 aromatic carbocycles. The second-order valence-corrected chi connectivity index (χ2v) is 6.87. The van der Waals surface area contributed by atoms with Crippen LogP contribution in [-0.2, 0) is 21.2 Å². The maximum atomic E-state index is 12.0. The Kier molecular flexibility index (Phi) is 5.88. The Hall–Kier alpha value is -1.44. The fourth-order valence-corrected chi connectivity index (χ4v) is 2.29. The van der Waals surface area contributed by atoms with Gasteiger partial charge in [-0.25, -0.2) is 13.6 Å². The van der Waals surface area contributed by atoms with Crippen molar-refractivity contribution in [3.8, 4) is 0 Å². The lowest BCUT2D eigenvalue weighted by atomic mass is 9.86. The predicted octanol–water partition coefficient (Wildman–Crippen LogP) is 0.368. The summed E-state index contributed by atoms with van der Waals surface area (Å²) in [4.78, 5) is 12.1. The molecule has 0 aliphatic heterocycles. The van der Waals surface area contributed by atoms with Crippen LogP contribution in [0.5, 0.6) is 0 Å². The standard InChI is InChI=1S/C14H23N3O3S/c1-3-14(2,10-15)13(18)17-9-8-11-4-6-12(7-5-11)21(16,19)20/h4-7H,3,8-10,15H2,1-2H3,(H,17,18)(H2,16,19,20). The first-order chi connectivity index (χ1) is 9.73. The molecule has 0 fully saturated rings. The molecule has 0 saturated carbocycles. The first-order valence-corrected chi connectivity index (χ1v) is 8.37. The topological polar surface area (TPSA) is 115 Å². The van der Waals surface area contributed by atoms with E-state index in [2.05, 4.69) is 5.32 Å². The molecular weight excluding hydrogens is 290 g/mol. The summed E-state index contributed by atoms with van der Waals surface area (Å²) in [7, 11) is -3.66. The number of hydrogen-bond acceptors (Lipinski definition) is 4. The minimum Gasteiger partial charge on any atom is -0.355 e. The third kappa shape index (κ3) is 4.80. The molecule has 7 heteroatoms. The van der Waals surface area contributed by atoms with E-state index in [9.17, 15) is 13.2 Å². The highest BCUT2D eigenvalue weighted by atomic mass is 32.2. The van der Waals surface area contributed by atoms with Crippen LogP contribution in [-0.4, -0.2) is 27.4 Å². The number of sulfonamides is 1. The molecule has 0 saturated heterocycles. The van der Waals surface area contributed by atoms with Crippen molar-refractivity contribution >= 4 is 15.9 Å². The summed E-state index contributed by atoms with van der Waals surface area (Å²) in [6.45, 7) is 4.54. The summed E-state index contributed by atoms with van der Waals surface area (Å²) in [5, 5.41) is 7.89. The third-order valence-electron chi connectivity index (χ3n) is 3.73. The second-order valence-electron chi connectivity index (χ2n) is 5.31. The molecule has 1 amide bonds. The van der Waals surface area contributed by atoms with Gasteiger partial charge in [-0.2, -0.15) is 0 Å². The number of amides is 1. The number of benzene rings is 1. The fraction of sp³-hybridized carbons (Fsp3) is 0.500. The SMILES string of the molecule is CCC(C)(CN)C(=O)NCCc1ccc(S(N)(=O)=O)cc1. The maximum Gasteiger partial charge on any atom is 0.238 e. The van der Waals surface area contributed by atoms with Crippen molar-refractivity contribution in [3.63, 3.8) is 0 Å². The van der Waals surface area contributed by atoms with Crippen LogP contribution < -0.4 is 16.2 Å². The van der Waals surface area contributed by atoms with E-state index in [0.29, 0.717) is 25.9 Å². The van der Waals surface area contributed by atoms with Crippen LogP contribution in [0.15, 0.2) is 29.2 Å². The van der Waals surface area contributed by atoms with Crippen LogP contribution >= 0.6 is 0 Å². The van der Waals surface area contributed by atoms with Gasteiger partial charge in [-0.05, 0) is 37.5 Å². The first-order valence-electron chi connectivity index (χ1n) is 6.83. The Morgan fingerprint density at radius 1 is 1.29 bits per heavy atom. The number of nitrogens with two attached hydrogens (primary N) is 2. The molecule has 1 rings (SSSR count). The smallest absolute Gasteiger partial charge is 0.238 e. The summed E-state index contributed by atoms with van der Waals surface area (Å²) in [5.41, 5.74) is 6.01. The molecule has 1 aromatic rings. The summed E-state index contributed by atoms with van der Waals surface area (Å²) < 4.78 is 22.3. The highest BCUT2D eigenvalue weighted by Crippen LogP contribution is 2.19. The van der Waals surface area contributed by atoms with Crippen molar-refractivity contribution in [2.45, 2.75) is 31.6 Å². The van der Waals surface area contributed by atoms with Gasteiger partial charge in [0.1, 0.15) is 0 Å². The monoisotopic (exact) mass is 313 g/mol. The van der Waals surface area contributed by atoms with Gasteiger partial charge in [0.2, 0.25) is 15.9 Å². The van der Waals surface area contributed by atoms with E-state index >= 15 is 0 Å². The molecule has 5 N–H and O–H groups in total. The Labute approximate surface area is 126 Å². The van der Waals surface area contributed by atoms with Crippen molar-refractivity contribution in [1.82, 2.24) is 5.32 Å². The molecule has 0 bridgehead atoms. The molecule has 0 spiro atoms. The minimum absolute atomic E-state index is 0.0614. The number of nitrogens with one attached hydrogen (secondary N) is 1. The highest BCUT2D eigenvalue weighted by Gasteiger charge is 2.28. The Morgan fingerprint density at radius 2 is 1.86 bits per heavy atom. The average Bonchev–Trinajstić information content (AvgIpc) is 2.45. The average molecular weight is 313 g/mol.